The Kier molecular flexibility index (Phi) is 60.1. The summed E-state index contributed by atoms with van der Waals surface area (Å²) in [4.78, 5) is 24.5. The molecule has 0 aliphatic rings. The first kappa shape index (κ1) is 71.0. The molecule has 5 heteroatoms. The first-order valence-electron chi connectivity index (χ1n) is 30.3. The topological polar surface area (TPSA) is 72.8 Å². The van der Waals surface area contributed by atoms with Crippen LogP contribution in [0.5, 0.6) is 0 Å². The van der Waals surface area contributed by atoms with Crippen LogP contribution in [-0.2, 0) is 19.1 Å². The van der Waals surface area contributed by atoms with E-state index in [2.05, 4.69) is 196 Å². The van der Waals surface area contributed by atoms with Gasteiger partial charge in [0.25, 0.3) is 0 Å². The standard InChI is InChI=1S/C71H110O5/c1-3-5-7-9-11-13-15-17-19-21-23-25-26-27-28-29-30-31-32-33-34-35-36-37-38-39-40-41-42-43-44-46-48-50-52-54-56-58-60-62-64-66-71(74)76-69(67-72)68-75-70(73)65-63-61-59-57-55-53-51-49-47-45-24-22-20-18-16-14-12-10-8-6-4-2/h5,7,11,13,16-19,22-25,27-28,30-31,33-34,36-37,39-40,42-43,46-49,52,54,69,72H,3-4,6,8-10,12,14-15,20-21,26,29,32,35,38,41,44-45,50-51,53,55-68H2,1-2H3/b7-5-,13-11-,18-16-,19-17-,24-22-,25-23-,28-27-,31-30-,34-33-,37-36-,40-39-,43-42-,48-46-,49-47-,54-52-. The fourth-order valence-electron chi connectivity index (χ4n) is 7.66. The smallest absolute Gasteiger partial charge is 0.306 e. The number of aliphatic hydroxyl groups is 1. The van der Waals surface area contributed by atoms with Crippen molar-refractivity contribution in [2.75, 3.05) is 13.2 Å². The molecule has 0 aliphatic heterocycles. The van der Waals surface area contributed by atoms with Crippen LogP contribution in [0.2, 0.25) is 0 Å². The highest BCUT2D eigenvalue weighted by Crippen LogP contribution is 2.12. The second-order valence-corrected chi connectivity index (χ2v) is 19.3. The molecular formula is C71H110O5. The Morgan fingerprint density at radius 2 is 0.566 bits per heavy atom. The van der Waals surface area contributed by atoms with E-state index in [0.29, 0.717) is 12.8 Å². The number of allylic oxidation sites excluding steroid dienone is 30. The minimum atomic E-state index is -0.806. The molecule has 1 atom stereocenters. The van der Waals surface area contributed by atoms with E-state index >= 15 is 0 Å². The molecule has 0 spiro atoms. The average molecular weight is 1040 g/mol. The van der Waals surface area contributed by atoms with E-state index in [0.717, 1.165) is 148 Å². The maximum absolute atomic E-state index is 12.3. The minimum absolute atomic E-state index is 0.0949. The van der Waals surface area contributed by atoms with E-state index in [-0.39, 0.29) is 25.2 Å². The van der Waals surface area contributed by atoms with Gasteiger partial charge < -0.3 is 14.6 Å². The third-order valence-electron chi connectivity index (χ3n) is 12.2. The maximum Gasteiger partial charge on any atom is 0.306 e. The SMILES string of the molecule is CC/C=C\C/C=C\C/C=C\C/C=C\C/C=C\C/C=C\C/C=C\C/C=C\C/C=C\C/C=C\C/C=C\C/C=C\CCCCCCC(=O)OC(CO)COC(=O)CCCCCCCC/C=C\C/C=C\C/C=C\CCCCCCC. The number of unbranched alkanes of at least 4 members (excludes halogenated alkanes) is 15. The van der Waals surface area contributed by atoms with Crippen LogP contribution >= 0.6 is 0 Å². The number of rotatable bonds is 53. The Morgan fingerprint density at radius 3 is 0.855 bits per heavy atom. The maximum atomic E-state index is 12.3. The third kappa shape index (κ3) is 61.5. The van der Waals surface area contributed by atoms with Crippen LogP contribution in [-0.4, -0.2) is 36.4 Å². The van der Waals surface area contributed by atoms with Gasteiger partial charge in [0.15, 0.2) is 6.10 Å². The predicted octanol–water partition coefficient (Wildman–Crippen LogP) is 21.1. The molecule has 0 saturated heterocycles. The molecule has 1 unspecified atom stereocenters. The van der Waals surface area contributed by atoms with Crippen LogP contribution in [0.25, 0.3) is 0 Å². The largest absolute Gasteiger partial charge is 0.462 e. The summed E-state index contributed by atoms with van der Waals surface area (Å²) in [6.45, 7) is 3.97. The molecule has 76 heavy (non-hydrogen) atoms. The first-order valence-corrected chi connectivity index (χ1v) is 30.3. The molecular weight excluding hydrogens is 933 g/mol. The Balaban J connectivity index is 3.69. The van der Waals surface area contributed by atoms with Crippen molar-refractivity contribution in [3.05, 3.63) is 182 Å². The summed E-state index contributed by atoms with van der Waals surface area (Å²) in [5.74, 6) is -0.647. The Hall–Kier alpha value is -5.00. The number of esters is 2. The molecule has 0 aromatic heterocycles. The molecule has 0 saturated carbocycles. The van der Waals surface area contributed by atoms with Crippen LogP contribution in [0.15, 0.2) is 182 Å². The highest BCUT2D eigenvalue weighted by atomic mass is 16.6. The van der Waals surface area contributed by atoms with Gasteiger partial charge in [-0.1, -0.05) is 260 Å². The number of ether oxygens (including phenoxy) is 2. The second kappa shape index (κ2) is 64.3. The molecule has 0 aromatic rings. The molecule has 0 aromatic carbocycles. The fraction of sp³-hybridized carbons (Fsp3) is 0.549. The van der Waals surface area contributed by atoms with E-state index in [9.17, 15) is 14.7 Å². The van der Waals surface area contributed by atoms with Crippen molar-refractivity contribution in [1.82, 2.24) is 0 Å². The van der Waals surface area contributed by atoms with Crippen LogP contribution in [0.1, 0.15) is 232 Å². The summed E-state index contributed by atoms with van der Waals surface area (Å²) in [6, 6.07) is 0. The molecule has 424 valence electrons. The monoisotopic (exact) mass is 1040 g/mol. The van der Waals surface area contributed by atoms with Crippen LogP contribution in [0, 0.1) is 0 Å². The van der Waals surface area contributed by atoms with E-state index in [1.165, 1.54) is 57.8 Å². The van der Waals surface area contributed by atoms with Crippen molar-refractivity contribution in [2.45, 2.75) is 238 Å². The lowest BCUT2D eigenvalue weighted by Crippen LogP contribution is -2.28. The van der Waals surface area contributed by atoms with Crippen molar-refractivity contribution in [1.29, 1.82) is 0 Å². The quantitative estimate of drug-likeness (QED) is 0.0373. The lowest BCUT2D eigenvalue weighted by molar-refractivity contribution is -0.161. The van der Waals surface area contributed by atoms with Gasteiger partial charge in [0.05, 0.1) is 6.61 Å². The van der Waals surface area contributed by atoms with Gasteiger partial charge in [0.2, 0.25) is 0 Å². The van der Waals surface area contributed by atoms with E-state index in [1.807, 2.05) is 0 Å². The number of aliphatic hydroxyl groups excluding tert-OH is 1. The normalized spacial score (nSPS) is 13.6. The van der Waals surface area contributed by atoms with Crippen LogP contribution in [0.4, 0.5) is 0 Å². The molecule has 0 bridgehead atoms. The predicted molar refractivity (Wildman–Crippen MR) is 333 cm³/mol. The molecule has 0 rings (SSSR count). The second-order valence-electron chi connectivity index (χ2n) is 19.3. The van der Waals surface area contributed by atoms with Gasteiger partial charge >= 0.3 is 11.9 Å². The van der Waals surface area contributed by atoms with E-state index in [1.54, 1.807) is 0 Å². The summed E-state index contributed by atoms with van der Waals surface area (Å²) in [7, 11) is 0. The zero-order valence-electron chi connectivity index (χ0n) is 48.4. The molecule has 0 heterocycles. The summed E-state index contributed by atoms with van der Waals surface area (Å²) in [5, 5.41) is 9.65. The van der Waals surface area contributed by atoms with Crippen molar-refractivity contribution in [3.63, 3.8) is 0 Å². The molecule has 0 radical (unpaired) electrons. The van der Waals surface area contributed by atoms with Crippen molar-refractivity contribution >= 4 is 11.9 Å². The summed E-state index contributed by atoms with van der Waals surface area (Å²) in [6.07, 6.45) is 101. The lowest BCUT2D eigenvalue weighted by Gasteiger charge is -2.15. The highest BCUT2D eigenvalue weighted by molar-refractivity contribution is 5.70. The van der Waals surface area contributed by atoms with Gasteiger partial charge in [-0.15, -0.1) is 0 Å². The van der Waals surface area contributed by atoms with Gasteiger partial charge in [0.1, 0.15) is 6.61 Å². The first-order chi connectivity index (χ1) is 37.6. The van der Waals surface area contributed by atoms with Crippen molar-refractivity contribution in [2.24, 2.45) is 0 Å². The minimum Gasteiger partial charge on any atom is -0.462 e. The van der Waals surface area contributed by atoms with E-state index in [4.69, 9.17) is 9.47 Å². The fourth-order valence-corrected chi connectivity index (χ4v) is 7.66. The number of hydrogen-bond donors (Lipinski definition) is 1. The Bertz CT molecular complexity index is 1750. The van der Waals surface area contributed by atoms with Gasteiger partial charge in [-0.2, -0.15) is 0 Å². The van der Waals surface area contributed by atoms with Gasteiger partial charge in [-0.25, -0.2) is 0 Å². The van der Waals surface area contributed by atoms with Crippen LogP contribution < -0.4 is 0 Å². The zero-order chi connectivity index (χ0) is 54.8. The number of carbonyl (C=O) groups is 2. The Morgan fingerprint density at radius 1 is 0.316 bits per heavy atom. The number of hydrogen-bond acceptors (Lipinski definition) is 5. The van der Waals surface area contributed by atoms with Gasteiger partial charge in [-0.05, 0) is 141 Å². The third-order valence-corrected chi connectivity index (χ3v) is 12.2. The summed E-state index contributed by atoms with van der Waals surface area (Å²) >= 11 is 0. The van der Waals surface area contributed by atoms with Crippen molar-refractivity contribution in [3.8, 4) is 0 Å². The van der Waals surface area contributed by atoms with Gasteiger partial charge in [0, 0.05) is 12.8 Å². The molecule has 0 fully saturated rings. The molecule has 0 amide bonds. The number of carbonyl (C=O) groups excluding carboxylic acids is 2. The Labute approximate surface area is 467 Å². The average Bonchev–Trinajstić information content (AvgIpc) is 3.42. The molecule has 5 nitrogen and oxygen atoms in total. The summed E-state index contributed by atoms with van der Waals surface area (Å²) < 4.78 is 10.7. The van der Waals surface area contributed by atoms with Gasteiger partial charge in [-0.3, -0.25) is 9.59 Å². The van der Waals surface area contributed by atoms with E-state index < -0.39 is 6.10 Å². The summed E-state index contributed by atoms with van der Waals surface area (Å²) in [5.41, 5.74) is 0. The molecule has 1 N–H and O–H groups in total. The van der Waals surface area contributed by atoms with Crippen LogP contribution in [0.3, 0.4) is 0 Å². The molecule has 0 aliphatic carbocycles. The zero-order valence-corrected chi connectivity index (χ0v) is 48.4. The highest BCUT2D eigenvalue weighted by Gasteiger charge is 2.16. The lowest BCUT2D eigenvalue weighted by atomic mass is 10.1. The van der Waals surface area contributed by atoms with Crippen molar-refractivity contribution < 1.29 is 24.2 Å².